The lowest BCUT2D eigenvalue weighted by molar-refractivity contribution is -0.114. The molecule has 2 N–H and O–H groups in total. The molecule has 1 atom stereocenters. The van der Waals surface area contributed by atoms with Crippen LogP contribution in [0.2, 0.25) is 5.02 Å². The second-order valence-electron chi connectivity index (χ2n) is 6.33. The number of carbonyl (C=O) groups excluding carboxylic acids is 1. The Kier molecular flexibility index (Phi) is 6.57. The summed E-state index contributed by atoms with van der Waals surface area (Å²) in [4.78, 5) is 16.1. The fraction of sp³-hybridized carbons (Fsp3) is 0.143. The van der Waals surface area contributed by atoms with Gasteiger partial charge in [-0.3, -0.25) is 9.78 Å². The fourth-order valence-electron chi connectivity index (χ4n) is 2.69. The van der Waals surface area contributed by atoms with Crippen LogP contribution in [0.3, 0.4) is 0 Å². The van der Waals surface area contributed by atoms with Gasteiger partial charge in [0.25, 0.3) is 0 Å². The summed E-state index contributed by atoms with van der Waals surface area (Å²) in [5.74, 6) is -0.141. The minimum atomic E-state index is -1.37. The zero-order valence-electron chi connectivity index (χ0n) is 15.5. The van der Waals surface area contributed by atoms with E-state index in [1.165, 1.54) is 6.92 Å². The number of allylic oxidation sites excluding steroid dienone is 5. The van der Waals surface area contributed by atoms with Gasteiger partial charge in [0.1, 0.15) is 11.4 Å². The monoisotopic (exact) mass is 413 g/mol. The highest BCUT2D eigenvalue weighted by molar-refractivity contribution is 7.89. The van der Waals surface area contributed by atoms with Crippen LogP contribution in [0.1, 0.15) is 25.8 Å². The van der Waals surface area contributed by atoms with Crippen molar-refractivity contribution < 1.29 is 9.35 Å². The van der Waals surface area contributed by atoms with Crippen molar-refractivity contribution in [1.82, 2.24) is 9.71 Å². The van der Waals surface area contributed by atoms with Crippen molar-refractivity contribution >= 4 is 40.1 Å². The minimum Gasteiger partial charge on any atom is -0.588 e. The zero-order valence-corrected chi connectivity index (χ0v) is 17.1. The van der Waals surface area contributed by atoms with E-state index in [-0.39, 0.29) is 5.91 Å². The van der Waals surface area contributed by atoms with Crippen LogP contribution in [0, 0.1) is 0 Å². The highest BCUT2D eigenvalue weighted by Gasteiger charge is 2.15. The molecule has 0 fully saturated rings. The predicted molar refractivity (Wildman–Crippen MR) is 114 cm³/mol. The lowest BCUT2D eigenvalue weighted by Gasteiger charge is -2.14. The highest BCUT2D eigenvalue weighted by Crippen LogP contribution is 2.25. The number of anilines is 1. The van der Waals surface area contributed by atoms with E-state index in [2.05, 4.69) is 15.0 Å². The first kappa shape index (κ1) is 20.2. The van der Waals surface area contributed by atoms with Gasteiger partial charge in [-0.1, -0.05) is 29.8 Å². The molecule has 28 heavy (non-hydrogen) atoms. The summed E-state index contributed by atoms with van der Waals surface area (Å²) in [7, 11) is 0. The number of rotatable bonds is 5. The van der Waals surface area contributed by atoms with E-state index >= 15 is 0 Å². The third kappa shape index (κ3) is 5.25. The molecule has 0 saturated carbocycles. The van der Waals surface area contributed by atoms with Crippen LogP contribution in [0.4, 0.5) is 5.69 Å². The van der Waals surface area contributed by atoms with E-state index in [9.17, 15) is 9.35 Å². The Labute approximate surface area is 172 Å². The molecule has 1 amide bonds. The first-order valence-corrected chi connectivity index (χ1v) is 10.2. The number of nitrogens with one attached hydrogen (secondary N) is 2. The van der Waals surface area contributed by atoms with Crippen molar-refractivity contribution in [3.63, 3.8) is 0 Å². The van der Waals surface area contributed by atoms with Crippen molar-refractivity contribution in [2.45, 2.75) is 25.2 Å². The van der Waals surface area contributed by atoms with Gasteiger partial charge in [0.05, 0.1) is 17.6 Å². The standard InChI is InChI=1S/C21H20ClN3O2S/c1-14-3-4-16(17-11-19(13-23-12-17)24-15(2)26)5-10-21(14)25-28(27)20-8-6-18(22)7-9-20/h3-9,11-13,25H,10H2,1-2H3,(H,24,26). The van der Waals surface area contributed by atoms with Crippen LogP contribution in [0.25, 0.3) is 5.57 Å². The molecule has 2 aromatic rings. The maximum Gasteiger partial charge on any atom is 0.221 e. The van der Waals surface area contributed by atoms with Crippen LogP contribution in [-0.4, -0.2) is 15.4 Å². The Bertz CT molecular complexity index is 968. The van der Waals surface area contributed by atoms with Gasteiger partial charge in [-0.25, -0.2) is 4.72 Å². The third-order valence-corrected chi connectivity index (χ3v) is 5.53. The van der Waals surface area contributed by atoms with Gasteiger partial charge in [-0.05, 0) is 48.4 Å². The lowest BCUT2D eigenvalue weighted by Crippen LogP contribution is -2.23. The second-order valence-corrected chi connectivity index (χ2v) is 7.98. The molecule has 1 aromatic heterocycles. The molecule has 0 radical (unpaired) electrons. The van der Waals surface area contributed by atoms with Crippen LogP contribution in [-0.2, 0) is 16.2 Å². The van der Waals surface area contributed by atoms with Crippen LogP contribution in [0.15, 0.2) is 77.1 Å². The van der Waals surface area contributed by atoms with Crippen LogP contribution < -0.4 is 10.0 Å². The Balaban J connectivity index is 1.76. The van der Waals surface area contributed by atoms with Gasteiger partial charge in [0.2, 0.25) is 5.91 Å². The average Bonchev–Trinajstić information content (AvgIpc) is 2.84. The topological polar surface area (TPSA) is 77.1 Å². The van der Waals surface area contributed by atoms with E-state index in [1.807, 2.05) is 31.2 Å². The largest absolute Gasteiger partial charge is 0.588 e. The molecular weight excluding hydrogens is 394 g/mol. The molecule has 144 valence electrons. The van der Waals surface area contributed by atoms with Gasteiger partial charge >= 0.3 is 0 Å². The molecule has 0 aliphatic heterocycles. The van der Waals surface area contributed by atoms with Gasteiger partial charge in [-0.15, -0.1) is 0 Å². The van der Waals surface area contributed by atoms with E-state index in [0.717, 1.165) is 22.4 Å². The van der Waals surface area contributed by atoms with Gasteiger partial charge in [0, 0.05) is 30.1 Å². The molecule has 7 heteroatoms. The number of carbonyl (C=O) groups is 1. The van der Waals surface area contributed by atoms with Gasteiger partial charge in [0.15, 0.2) is 4.90 Å². The average molecular weight is 414 g/mol. The molecule has 0 spiro atoms. The maximum atomic E-state index is 12.6. The first-order valence-electron chi connectivity index (χ1n) is 8.67. The normalized spacial score (nSPS) is 14.9. The molecule has 0 saturated heterocycles. The number of pyridine rings is 1. The number of aromatic nitrogens is 1. The predicted octanol–water partition coefficient (Wildman–Crippen LogP) is 4.62. The molecule has 3 rings (SSSR count). The van der Waals surface area contributed by atoms with E-state index in [1.54, 1.807) is 36.7 Å². The fourth-order valence-corrected chi connectivity index (χ4v) is 3.79. The van der Waals surface area contributed by atoms with Gasteiger partial charge < -0.3 is 9.87 Å². The highest BCUT2D eigenvalue weighted by atomic mass is 35.5. The smallest absolute Gasteiger partial charge is 0.221 e. The lowest BCUT2D eigenvalue weighted by atomic mass is 10.1. The van der Waals surface area contributed by atoms with E-state index < -0.39 is 11.4 Å². The third-order valence-electron chi connectivity index (χ3n) is 4.15. The van der Waals surface area contributed by atoms with E-state index in [0.29, 0.717) is 22.0 Å². The number of benzene rings is 1. The Hall–Kier alpha value is -2.54. The number of amides is 1. The summed E-state index contributed by atoms with van der Waals surface area (Å²) < 4.78 is 15.7. The quantitative estimate of drug-likeness (QED) is 0.701. The molecule has 1 aliphatic carbocycles. The molecule has 0 bridgehead atoms. The summed E-state index contributed by atoms with van der Waals surface area (Å²) in [5.41, 5.74) is 4.41. The molecule has 1 unspecified atom stereocenters. The number of hydrogen-bond donors (Lipinski definition) is 2. The molecule has 5 nitrogen and oxygen atoms in total. The maximum absolute atomic E-state index is 12.6. The van der Waals surface area contributed by atoms with Crippen molar-refractivity contribution in [3.05, 3.63) is 82.8 Å². The zero-order chi connectivity index (χ0) is 20.1. The molecular formula is C21H20ClN3O2S. The minimum absolute atomic E-state index is 0.141. The van der Waals surface area contributed by atoms with E-state index in [4.69, 9.17) is 11.6 Å². The SMILES string of the molecule is CC(=O)Nc1cncc(C2=CCC(N[S+]([O-])c3ccc(Cl)cc3)=C(C)C=C2)c1. The summed E-state index contributed by atoms with van der Waals surface area (Å²) >= 11 is 4.52. The van der Waals surface area contributed by atoms with Gasteiger partial charge in [-0.2, -0.15) is 0 Å². The van der Waals surface area contributed by atoms with Crippen molar-refractivity contribution in [1.29, 1.82) is 0 Å². The number of nitrogens with zero attached hydrogens (tertiary/aromatic N) is 1. The Morgan fingerprint density at radius 3 is 2.68 bits per heavy atom. The molecule has 1 aromatic carbocycles. The Morgan fingerprint density at radius 1 is 1.21 bits per heavy atom. The summed E-state index contributed by atoms with van der Waals surface area (Å²) in [6, 6.07) is 8.81. The number of hydrogen-bond acceptors (Lipinski definition) is 4. The second kappa shape index (κ2) is 9.10. The van der Waals surface area contributed by atoms with Crippen LogP contribution in [0.5, 0.6) is 0 Å². The molecule has 1 aliphatic rings. The van der Waals surface area contributed by atoms with Crippen LogP contribution >= 0.6 is 11.6 Å². The van der Waals surface area contributed by atoms with Crippen molar-refractivity contribution in [3.8, 4) is 0 Å². The first-order chi connectivity index (χ1) is 13.4. The molecule has 1 heterocycles. The van der Waals surface area contributed by atoms with Crippen molar-refractivity contribution in [2.24, 2.45) is 0 Å². The number of halogens is 1. The Morgan fingerprint density at radius 2 is 1.96 bits per heavy atom. The summed E-state index contributed by atoms with van der Waals surface area (Å²) in [6.45, 7) is 3.43. The van der Waals surface area contributed by atoms with Crippen molar-refractivity contribution in [2.75, 3.05) is 5.32 Å². The summed E-state index contributed by atoms with van der Waals surface area (Å²) in [6.07, 6.45) is 9.97. The summed E-state index contributed by atoms with van der Waals surface area (Å²) in [5, 5.41) is 3.35.